The van der Waals surface area contributed by atoms with Crippen LogP contribution in [-0.2, 0) is 13.0 Å². The Labute approximate surface area is 200 Å². The highest BCUT2D eigenvalue weighted by atomic mass is 35.5. The Bertz CT molecular complexity index is 1380. The van der Waals surface area contributed by atoms with Crippen molar-refractivity contribution >= 4 is 45.9 Å². The van der Waals surface area contributed by atoms with E-state index in [0.717, 1.165) is 40.4 Å². The monoisotopic (exact) mass is 480 g/mol. The maximum absolute atomic E-state index is 15.2. The van der Waals surface area contributed by atoms with Crippen LogP contribution in [0.25, 0.3) is 10.9 Å². The average molecular weight is 481 g/mol. The molecule has 33 heavy (non-hydrogen) atoms. The van der Waals surface area contributed by atoms with Crippen molar-refractivity contribution in [1.29, 1.82) is 0 Å². The molecule has 4 nitrogen and oxygen atoms in total. The Morgan fingerprint density at radius 3 is 2.76 bits per heavy atom. The third-order valence-electron chi connectivity index (χ3n) is 6.19. The number of benzene rings is 3. The first-order valence-corrected chi connectivity index (χ1v) is 11.9. The molecule has 0 bridgehead atoms. The molecule has 4 aromatic rings. The average Bonchev–Trinajstić information content (AvgIpc) is 3.34. The van der Waals surface area contributed by atoms with Crippen LogP contribution in [0.15, 0.2) is 70.5 Å². The van der Waals surface area contributed by atoms with Crippen molar-refractivity contribution in [3.05, 3.63) is 88.3 Å². The molecule has 0 atom stereocenters. The van der Waals surface area contributed by atoms with E-state index in [1.807, 2.05) is 29.7 Å². The van der Waals surface area contributed by atoms with E-state index in [9.17, 15) is 9.90 Å². The third-order valence-corrected chi connectivity index (χ3v) is 7.70. The number of hydrogen-bond donors (Lipinski definition) is 1. The van der Waals surface area contributed by atoms with E-state index < -0.39 is 11.8 Å². The van der Waals surface area contributed by atoms with Gasteiger partial charge in [-0.05, 0) is 55.3 Å². The minimum atomic E-state index is -0.972. The number of fused-ring (bicyclic) bond motifs is 2. The van der Waals surface area contributed by atoms with E-state index in [4.69, 9.17) is 11.6 Å². The van der Waals surface area contributed by atoms with Gasteiger partial charge in [0.2, 0.25) is 0 Å². The van der Waals surface area contributed by atoms with Crippen molar-refractivity contribution in [3.63, 3.8) is 0 Å². The second kappa shape index (κ2) is 8.76. The number of hydrogen-bond acceptors (Lipinski definition) is 3. The van der Waals surface area contributed by atoms with Gasteiger partial charge in [-0.2, -0.15) is 0 Å². The molecular formula is C26H22ClFN2O2S. The van der Waals surface area contributed by atoms with Gasteiger partial charge in [-0.25, -0.2) is 9.18 Å². The van der Waals surface area contributed by atoms with Gasteiger partial charge in [0.15, 0.2) is 5.82 Å². The van der Waals surface area contributed by atoms with E-state index in [0.29, 0.717) is 12.1 Å². The maximum atomic E-state index is 15.2. The number of aromatic nitrogens is 1. The van der Waals surface area contributed by atoms with Crippen LogP contribution in [0.5, 0.6) is 0 Å². The van der Waals surface area contributed by atoms with Gasteiger partial charge in [0.25, 0.3) is 0 Å². The van der Waals surface area contributed by atoms with E-state index in [1.165, 1.54) is 23.0 Å². The highest BCUT2D eigenvalue weighted by Gasteiger charge is 2.22. The summed E-state index contributed by atoms with van der Waals surface area (Å²) >= 11 is 7.61. The van der Waals surface area contributed by atoms with Crippen LogP contribution >= 0.6 is 23.4 Å². The van der Waals surface area contributed by atoms with Crippen LogP contribution in [0.3, 0.4) is 0 Å². The summed E-state index contributed by atoms with van der Waals surface area (Å²) in [5.41, 5.74) is 4.23. The highest BCUT2D eigenvalue weighted by Crippen LogP contribution is 2.41. The molecule has 1 aromatic heterocycles. The van der Waals surface area contributed by atoms with Gasteiger partial charge >= 0.3 is 5.97 Å². The lowest BCUT2D eigenvalue weighted by atomic mass is 10.2. The van der Waals surface area contributed by atoms with Crippen LogP contribution in [0.2, 0.25) is 5.02 Å². The molecule has 0 saturated carbocycles. The Kier molecular flexibility index (Phi) is 5.81. The number of carbonyl (C=O) groups is 1. The Morgan fingerprint density at radius 2 is 1.94 bits per heavy atom. The summed E-state index contributed by atoms with van der Waals surface area (Å²) in [6.07, 6.45) is 1.02. The van der Waals surface area contributed by atoms with Crippen LogP contribution in [0.1, 0.15) is 21.6 Å². The van der Waals surface area contributed by atoms with Crippen molar-refractivity contribution < 1.29 is 14.3 Å². The van der Waals surface area contributed by atoms with Crippen molar-refractivity contribution in [2.75, 3.05) is 18.0 Å². The standard InChI is InChI=1S/C26H22ClFN2O2S/c1-16-25(33-19-7-4-6-18(15-19)26(31)32)20-9-10-21(27)23(28)24(20)30(16)14-13-29-12-11-17-5-2-3-8-22(17)29/h2-10,15H,11-14H2,1H3,(H,31,32). The molecule has 7 heteroatoms. The fraction of sp³-hybridized carbons (Fsp3) is 0.192. The summed E-state index contributed by atoms with van der Waals surface area (Å²) in [5, 5.41) is 10.2. The number of nitrogens with zero attached hydrogens (tertiary/aromatic N) is 2. The van der Waals surface area contributed by atoms with Gasteiger partial charge in [0.05, 0.1) is 16.1 Å². The first kappa shape index (κ1) is 21.9. The Morgan fingerprint density at radius 1 is 1.12 bits per heavy atom. The molecule has 0 unspecified atom stereocenters. The van der Waals surface area contributed by atoms with Crippen LogP contribution in [0.4, 0.5) is 10.1 Å². The molecule has 0 spiro atoms. The number of carboxylic acids is 1. The number of aromatic carboxylic acids is 1. The van der Waals surface area contributed by atoms with Crippen molar-refractivity contribution in [2.45, 2.75) is 29.7 Å². The molecule has 0 aliphatic carbocycles. The zero-order valence-electron chi connectivity index (χ0n) is 18.0. The lowest BCUT2D eigenvalue weighted by Crippen LogP contribution is -2.25. The lowest BCUT2D eigenvalue weighted by molar-refractivity contribution is 0.0696. The Hall–Kier alpha value is -2.96. The zero-order valence-corrected chi connectivity index (χ0v) is 19.6. The van der Waals surface area contributed by atoms with Crippen LogP contribution < -0.4 is 4.90 Å². The second-order valence-electron chi connectivity index (χ2n) is 8.12. The second-order valence-corrected chi connectivity index (χ2v) is 9.62. The summed E-state index contributed by atoms with van der Waals surface area (Å²) in [6.45, 7) is 4.30. The fourth-order valence-corrected chi connectivity index (χ4v) is 5.80. The van der Waals surface area contributed by atoms with Crippen LogP contribution in [-0.4, -0.2) is 28.7 Å². The predicted molar refractivity (Wildman–Crippen MR) is 132 cm³/mol. The third kappa shape index (κ3) is 3.98. The molecular weight excluding hydrogens is 459 g/mol. The van der Waals surface area contributed by atoms with E-state index in [1.54, 1.807) is 24.3 Å². The van der Waals surface area contributed by atoms with E-state index >= 15 is 4.39 Å². The number of para-hydroxylation sites is 1. The first-order valence-electron chi connectivity index (χ1n) is 10.7. The van der Waals surface area contributed by atoms with Crippen molar-refractivity contribution in [2.24, 2.45) is 0 Å². The molecule has 0 fully saturated rings. The predicted octanol–water partition coefficient (Wildman–Crippen LogP) is 6.65. The summed E-state index contributed by atoms with van der Waals surface area (Å²) in [5.74, 6) is -1.40. The van der Waals surface area contributed by atoms with Crippen LogP contribution in [0, 0.1) is 12.7 Å². The number of carboxylic acid groups (broad SMARTS) is 1. The van der Waals surface area contributed by atoms with Crippen molar-refractivity contribution in [3.8, 4) is 0 Å². The van der Waals surface area contributed by atoms with Gasteiger partial charge in [-0.3, -0.25) is 0 Å². The zero-order chi connectivity index (χ0) is 23.1. The minimum absolute atomic E-state index is 0.0946. The molecule has 1 aliphatic heterocycles. The van der Waals surface area contributed by atoms with Crippen molar-refractivity contribution in [1.82, 2.24) is 4.57 Å². The van der Waals surface area contributed by atoms with Gasteiger partial charge in [0, 0.05) is 46.2 Å². The summed E-state index contributed by atoms with van der Waals surface area (Å²) in [7, 11) is 0. The molecule has 168 valence electrons. The molecule has 3 aromatic carbocycles. The van der Waals surface area contributed by atoms with Gasteiger partial charge in [0.1, 0.15) is 0 Å². The largest absolute Gasteiger partial charge is 0.478 e. The summed E-state index contributed by atoms with van der Waals surface area (Å²) in [6, 6.07) is 18.6. The first-order chi connectivity index (χ1) is 15.9. The van der Waals surface area contributed by atoms with Gasteiger partial charge < -0.3 is 14.6 Å². The number of anilines is 1. The van der Waals surface area contributed by atoms with E-state index in [-0.39, 0.29) is 10.6 Å². The van der Waals surface area contributed by atoms with E-state index in [2.05, 4.69) is 23.1 Å². The molecule has 0 radical (unpaired) electrons. The van der Waals surface area contributed by atoms with Gasteiger partial charge in [-0.1, -0.05) is 47.6 Å². The minimum Gasteiger partial charge on any atom is -0.478 e. The molecule has 0 saturated heterocycles. The molecule has 5 rings (SSSR count). The Balaban J connectivity index is 1.52. The topological polar surface area (TPSA) is 45.5 Å². The fourth-order valence-electron chi connectivity index (χ4n) is 4.55. The molecule has 1 N–H and O–H groups in total. The molecule has 0 amide bonds. The lowest BCUT2D eigenvalue weighted by Gasteiger charge is -2.21. The maximum Gasteiger partial charge on any atom is 0.335 e. The molecule has 2 heterocycles. The number of halogens is 2. The summed E-state index contributed by atoms with van der Waals surface area (Å²) < 4.78 is 17.2. The smallest absolute Gasteiger partial charge is 0.335 e. The quantitative estimate of drug-likeness (QED) is 0.335. The summed E-state index contributed by atoms with van der Waals surface area (Å²) in [4.78, 5) is 15.4. The normalized spacial score (nSPS) is 13.0. The highest BCUT2D eigenvalue weighted by molar-refractivity contribution is 7.99. The molecule has 1 aliphatic rings. The van der Waals surface area contributed by atoms with Gasteiger partial charge in [-0.15, -0.1) is 0 Å². The number of rotatable bonds is 6. The SMILES string of the molecule is Cc1c(Sc2cccc(C(=O)O)c2)c2ccc(Cl)c(F)c2n1CCN1CCc2ccccc21.